The molecule has 23 heavy (non-hydrogen) atoms. The number of ether oxygens (including phenoxy) is 1. The summed E-state index contributed by atoms with van der Waals surface area (Å²) in [6.45, 7) is 5.46. The SMILES string of the molecule is CC(C)(C)C(=O)Oc1ccccc1-c1nc2cc(Cl)ccc2[nH]1. The number of carbonyl (C=O) groups is 1. The minimum atomic E-state index is -0.575. The fraction of sp³-hybridized carbons (Fsp3) is 0.222. The van der Waals surface area contributed by atoms with Gasteiger partial charge in [0.1, 0.15) is 11.6 Å². The monoisotopic (exact) mass is 328 g/mol. The van der Waals surface area contributed by atoms with Gasteiger partial charge in [0.15, 0.2) is 0 Å². The van der Waals surface area contributed by atoms with Crippen molar-refractivity contribution in [3.8, 4) is 17.1 Å². The highest BCUT2D eigenvalue weighted by molar-refractivity contribution is 6.31. The second-order valence-electron chi connectivity index (χ2n) is 6.38. The van der Waals surface area contributed by atoms with E-state index in [9.17, 15) is 4.79 Å². The number of aromatic nitrogens is 2. The van der Waals surface area contributed by atoms with Crippen molar-refractivity contribution in [1.29, 1.82) is 0 Å². The van der Waals surface area contributed by atoms with E-state index in [1.807, 2.05) is 45.0 Å². The van der Waals surface area contributed by atoms with Crippen molar-refractivity contribution in [2.75, 3.05) is 0 Å². The van der Waals surface area contributed by atoms with Gasteiger partial charge in [0.25, 0.3) is 0 Å². The molecule has 0 fully saturated rings. The van der Waals surface area contributed by atoms with Gasteiger partial charge in [-0.25, -0.2) is 4.98 Å². The highest BCUT2D eigenvalue weighted by Crippen LogP contribution is 2.31. The molecule has 0 amide bonds. The number of esters is 1. The molecular weight excluding hydrogens is 312 g/mol. The van der Waals surface area contributed by atoms with Gasteiger partial charge in [0.05, 0.1) is 22.0 Å². The summed E-state index contributed by atoms with van der Waals surface area (Å²) < 4.78 is 5.56. The molecule has 3 aromatic rings. The third kappa shape index (κ3) is 3.22. The van der Waals surface area contributed by atoms with Crippen LogP contribution >= 0.6 is 11.6 Å². The zero-order chi connectivity index (χ0) is 16.6. The van der Waals surface area contributed by atoms with E-state index in [1.165, 1.54) is 0 Å². The van der Waals surface area contributed by atoms with Crippen LogP contribution in [0.5, 0.6) is 5.75 Å². The fourth-order valence-corrected chi connectivity index (χ4v) is 2.28. The highest BCUT2D eigenvalue weighted by Gasteiger charge is 2.25. The molecule has 2 aromatic carbocycles. The third-order valence-corrected chi connectivity index (χ3v) is 3.64. The van der Waals surface area contributed by atoms with Crippen LogP contribution < -0.4 is 4.74 Å². The standard InChI is InChI=1S/C18H17ClN2O2/c1-18(2,3)17(22)23-15-7-5-4-6-12(15)16-20-13-9-8-11(19)10-14(13)21-16/h4-10H,1-3H3,(H,20,21). The Labute approximate surface area is 139 Å². The molecule has 0 aliphatic heterocycles. The van der Waals surface area contributed by atoms with Gasteiger partial charge in [-0.3, -0.25) is 4.79 Å². The summed E-state index contributed by atoms with van der Waals surface area (Å²) >= 11 is 6.00. The van der Waals surface area contributed by atoms with Crippen molar-refractivity contribution in [3.05, 3.63) is 47.5 Å². The van der Waals surface area contributed by atoms with Crippen LogP contribution in [-0.4, -0.2) is 15.9 Å². The van der Waals surface area contributed by atoms with Crippen molar-refractivity contribution in [1.82, 2.24) is 9.97 Å². The largest absolute Gasteiger partial charge is 0.425 e. The minimum absolute atomic E-state index is 0.288. The average Bonchev–Trinajstić information content (AvgIpc) is 2.89. The fourth-order valence-electron chi connectivity index (χ4n) is 2.11. The first-order chi connectivity index (χ1) is 10.8. The Morgan fingerprint density at radius 2 is 1.91 bits per heavy atom. The van der Waals surface area contributed by atoms with Crippen LogP contribution in [0.25, 0.3) is 22.4 Å². The number of aromatic amines is 1. The van der Waals surface area contributed by atoms with Crippen molar-refractivity contribution in [2.24, 2.45) is 5.41 Å². The predicted molar refractivity (Wildman–Crippen MR) is 91.6 cm³/mol. The molecular formula is C18H17ClN2O2. The van der Waals surface area contributed by atoms with Gasteiger partial charge in [-0.1, -0.05) is 23.7 Å². The van der Waals surface area contributed by atoms with Crippen LogP contribution in [0.15, 0.2) is 42.5 Å². The maximum absolute atomic E-state index is 12.2. The van der Waals surface area contributed by atoms with E-state index >= 15 is 0 Å². The summed E-state index contributed by atoms with van der Waals surface area (Å²) in [7, 11) is 0. The normalized spacial score (nSPS) is 11.7. The number of carbonyl (C=O) groups excluding carboxylic acids is 1. The first kappa shape index (κ1) is 15.6. The molecule has 1 aromatic heterocycles. The number of benzene rings is 2. The lowest BCUT2D eigenvalue weighted by atomic mass is 9.97. The summed E-state index contributed by atoms with van der Waals surface area (Å²) in [6, 6.07) is 12.8. The number of fused-ring (bicyclic) bond motifs is 1. The Hall–Kier alpha value is -2.33. The van der Waals surface area contributed by atoms with Crippen molar-refractivity contribution in [3.63, 3.8) is 0 Å². The van der Waals surface area contributed by atoms with Crippen molar-refractivity contribution >= 4 is 28.6 Å². The van der Waals surface area contributed by atoms with E-state index in [-0.39, 0.29) is 5.97 Å². The Kier molecular flexibility index (Phi) is 3.86. The highest BCUT2D eigenvalue weighted by atomic mass is 35.5. The molecule has 0 atom stereocenters. The molecule has 5 heteroatoms. The van der Waals surface area contributed by atoms with E-state index in [2.05, 4.69) is 9.97 Å². The molecule has 0 saturated carbocycles. The Balaban J connectivity index is 2.03. The Morgan fingerprint density at radius 1 is 1.17 bits per heavy atom. The van der Waals surface area contributed by atoms with Crippen LogP contribution in [0.4, 0.5) is 0 Å². The quantitative estimate of drug-likeness (QED) is 0.541. The van der Waals surface area contributed by atoms with Gasteiger partial charge in [-0.05, 0) is 51.1 Å². The summed E-state index contributed by atoms with van der Waals surface area (Å²) in [4.78, 5) is 19.9. The van der Waals surface area contributed by atoms with Crippen LogP contribution in [0.3, 0.4) is 0 Å². The lowest BCUT2D eigenvalue weighted by Crippen LogP contribution is -2.25. The molecule has 0 aliphatic carbocycles. The molecule has 0 aliphatic rings. The van der Waals surface area contributed by atoms with Gasteiger partial charge in [-0.15, -0.1) is 0 Å². The molecule has 1 N–H and O–H groups in total. The first-order valence-electron chi connectivity index (χ1n) is 7.31. The second kappa shape index (κ2) is 5.70. The first-order valence-corrected chi connectivity index (χ1v) is 7.69. The van der Waals surface area contributed by atoms with Gasteiger partial charge in [0.2, 0.25) is 0 Å². The summed E-state index contributed by atoms with van der Waals surface area (Å²) in [6.07, 6.45) is 0. The lowest BCUT2D eigenvalue weighted by molar-refractivity contribution is -0.142. The number of imidazole rings is 1. The zero-order valence-electron chi connectivity index (χ0n) is 13.2. The molecule has 0 bridgehead atoms. The van der Waals surface area contributed by atoms with Gasteiger partial charge in [0, 0.05) is 5.02 Å². The van der Waals surface area contributed by atoms with Crippen LogP contribution in [0, 0.1) is 5.41 Å². The van der Waals surface area contributed by atoms with Gasteiger partial charge in [-0.2, -0.15) is 0 Å². The number of hydrogen-bond donors (Lipinski definition) is 1. The second-order valence-corrected chi connectivity index (χ2v) is 6.82. The number of hydrogen-bond acceptors (Lipinski definition) is 3. The van der Waals surface area contributed by atoms with E-state index in [0.29, 0.717) is 16.6 Å². The maximum Gasteiger partial charge on any atom is 0.316 e. The Morgan fingerprint density at radius 3 is 2.65 bits per heavy atom. The molecule has 118 valence electrons. The number of halogens is 1. The molecule has 0 saturated heterocycles. The maximum atomic E-state index is 12.2. The van der Waals surface area contributed by atoms with Gasteiger partial charge >= 0.3 is 5.97 Å². The van der Waals surface area contributed by atoms with E-state index in [4.69, 9.17) is 16.3 Å². The topological polar surface area (TPSA) is 55.0 Å². The molecule has 0 spiro atoms. The smallest absolute Gasteiger partial charge is 0.316 e. The molecule has 0 radical (unpaired) electrons. The van der Waals surface area contributed by atoms with E-state index in [0.717, 1.165) is 16.6 Å². The summed E-state index contributed by atoms with van der Waals surface area (Å²) in [5.41, 5.74) is 1.80. The van der Waals surface area contributed by atoms with E-state index < -0.39 is 5.41 Å². The number of para-hydroxylation sites is 1. The molecule has 0 unspecified atom stereocenters. The lowest BCUT2D eigenvalue weighted by Gasteiger charge is -2.17. The van der Waals surface area contributed by atoms with E-state index in [1.54, 1.807) is 18.2 Å². The number of nitrogens with one attached hydrogen (secondary N) is 1. The third-order valence-electron chi connectivity index (χ3n) is 3.40. The van der Waals surface area contributed by atoms with Crippen LogP contribution in [0.2, 0.25) is 5.02 Å². The average molecular weight is 329 g/mol. The molecule has 1 heterocycles. The number of H-pyrrole nitrogens is 1. The Bertz CT molecular complexity index is 878. The van der Waals surface area contributed by atoms with Crippen LogP contribution in [0.1, 0.15) is 20.8 Å². The van der Waals surface area contributed by atoms with Crippen LogP contribution in [-0.2, 0) is 4.79 Å². The number of rotatable bonds is 2. The summed E-state index contributed by atoms with van der Waals surface area (Å²) in [5.74, 6) is 0.834. The van der Waals surface area contributed by atoms with Crippen molar-refractivity contribution in [2.45, 2.75) is 20.8 Å². The minimum Gasteiger partial charge on any atom is -0.425 e. The number of nitrogens with zero attached hydrogens (tertiary/aromatic N) is 1. The zero-order valence-corrected chi connectivity index (χ0v) is 13.9. The molecule has 4 nitrogen and oxygen atoms in total. The van der Waals surface area contributed by atoms with Gasteiger partial charge < -0.3 is 9.72 Å². The van der Waals surface area contributed by atoms with Crippen molar-refractivity contribution < 1.29 is 9.53 Å². The predicted octanol–water partition coefficient (Wildman–Crippen LogP) is 4.83. The molecule has 3 rings (SSSR count). The summed E-state index contributed by atoms with van der Waals surface area (Å²) in [5, 5.41) is 0.628.